The van der Waals surface area contributed by atoms with E-state index in [2.05, 4.69) is 35.6 Å². The molecule has 1 heterocycles. The number of imidazole rings is 1. The van der Waals surface area contributed by atoms with Crippen LogP contribution in [0.5, 0.6) is 5.75 Å². The SMILES string of the molecule is Cc1nc(SCC(=O)Nc2ccc(O)cc2)n(CC(C)C)c1C. The standard InChI is InChI=1S/C17H23N3O2S/c1-11(2)9-20-13(4)12(3)18-17(20)23-10-16(22)19-14-5-7-15(21)8-6-14/h5-8,11,21H,9-10H2,1-4H3,(H,19,22). The van der Waals surface area contributed by atoms with Crippen molar-refractivity contribution in [3.8, 4) is 5.75 Å². The summed E-state index contributed by atoms with van der Waals surface area (Å²) in [6.07, 6.45) is 0. The summed E-state index contributed by atoms with van der Waals surface area (Å²) >= 11 is 1.44. The van der Waals surface area contributed by atoms with Crippen LogP contribution in [0, 0.1) is 19.8 Å². The summed E-state index contributed by atoms with van der Waals surface area (Å²) in [7, 11) is 0. The van der Waals surface area contributed by atoms with Crippen molar-refractivity contribution in [2.75, 3.05) is 11.1 Å². The maximum Gasteiger partial charge on any atom is 0.234 e. The number of carbonyl (C=O) groups excluding carboxylic acids is 1. The van der Waals surface area contributed by atoms with Gasteiger partial charge in [0.2, 0.25) is 5.91 Å². The molecule has 2 aromatic rings. The fourth-order valence-electron chi connectivity index (χ4n) is 2.19. The van der Waals surface area contributed by atoms with Crippen LogP contribution in [0.2, 0.25) is 0 Å². The van der Waals surface area contributed by atoms with Gasteiger partial charge in [0.1, 0.15) is 5.75 Å². The van der Waals surface area contributed by atoms with Gasteiger partial charge in [0.15, 0.2) is 5.16 Å². The van der Waals surface area contributed by atoms with Gasteiger partial charge >= 0.3 is 0 Å². The minimum atomic E-state index is -0.0879. The lowest BCUT2D eigenvalue weighted by molar-refractivity contribution is -0.113. The Morgan fingerprint density at radius 1 is 1.30 bits per heavy atom. The molecule has 0 bridgehead atoms. The molecular weight excluding hydrogens is 310 g/mol. The molecule has 23 heavy (non-hydrogen) atoms. The fourth-order valence-corrected chi connectivity index (χ4v) is 3.09. The summed E-state index contributed by atoms with van der Waals surface area (Å²) in [6.45, 7) is 9.29. The maximum absolute atomic E-state index is 12.1. The summed E-state index contributed by atoms with van der Waals surface area (Å²) in [5, 5.41) is 12.9. The number of hydrogen-bond acceptors (Lipinski definition) is 4. The van der Waals surface area contributed by atoms with Crippen LogP contribution >= 0.6 is 11.8 Å². The molecule has 0 radical (unpaired) electrons. The second kappa shape index (κ2) is 7.55. The highest BCUT2D eigenvalue weighted by molar-refractivity contribution is 7.99. The minimum absolute atomic E-state index is 0.0879. The molecule has 1 aromatic heterocycles. The molecule has 0 saturated carbocycles. The van der Waals surface area contributed by atoms with Gasteiger partial charge in [0.05, 0.1) is 11.4 Å². The van der Waals surface area contributed by atoms with Crippen LogP contribution in [0.4, 0.5) is 5.69 Å². The number of nitrogens with zero attached hydrogens (tertiary/aromatic N) is 2. The van der Waals surface area contributed by atoms with Gasteiger partial charge < -0.3 is 15.0 Å². The number of hydrogen-bond donors (Lipinski definition) is 2. The van der Waals surface area contributed by atoms with Gasteiger partial charge in [-0.3, -0.25) is 4.79 Å². The van der Waals surface area contributed by atoms with Crippen LogP contribution in [0.1, 0.15) is 25.2 Å². The lowest BCUT2D eigenvalue weighted by atomic mass is 10.2. The molecule has 1 aromatic carbocycles. The van der Waals surface area contributed by atoms with Gasteiger partial charge in [-0.1, -0.05) is 25.6 Å². The molecule has 1 amide bonds. The zero-order valence-corrected chi connectivity index (χ0v) is 14.8. The first-order valence-corrected chi connectivity index (χ1v) is 8.60. The molecule has 0 aliphatic heterocycles. The highest BCUT2D eigenvalue weighted by Crippen LogP contribution is 2.23. The van der Waals surface area contributed by atoms with E-state index in [-0.39, 0.29) is 11.7 Å². The number of aromatic hydroxyl groups is 1. The van der Waals surface area contributed by atoms with Gasteiger partial charge in [-0.15, -0.1) is 0 Å². The lowest BCUT2D eigenvalue weighted by Crippen LogP contribution is -2.15. The number of nitrogens with one attached hydrogen (secondary N) is 1. The molecule has 0 fully saturated rings. The van der Waals surface area contributed by atoms with Crippen LogP contribution in [-0.2, 0) is 11.3 Å². The smallest absolute Gasteiger partial charge is 0.234 e. The molecule has 2 rings (SSSR count). The van der Waals surface area contributed by atoms with Crippen LogP contribution in [0.25, 0.3) is 0 Å². The van der Waals surface area contributed by atoms with Crippen molar-refractivity contribution >= 4 is 23.4 Å². The van der Waals surface area contributed by atoms with Crippen molar-refractivity contribution in [2.24, 2.45) is 5.92 Å². The number of rotatable bonds is 6. The Morgan fingerprint density at radius 2 is 1.96 bits per heavy atom. The summed E-state index contributed by atoms with van der Waals surface area (Å²) < 4.78 is 2.18. The van der Waals surface area contributed by atoms with Gasteiger partial charge in [0.25, 0.3) is 0 Å². The van der Waals surface area contributed by atoms with Crippen molar-refractivity contribution in [1.29, 1.82) is 0 Å². The molecule has 5 nitrogen and oxygen atoms in total. The van der Waals surface area contributed by atoms with Crippen molar-refractivity contribution in [1.82, 2.24) is 9.55 Å². The van der Waals surface area contributed by atoms with Crippen LogP contribution in [-0.4, -0.2) is 26.3 Å². The lowest BCUT2D eigenvalue weighted by Gasteiger charge is -2.12. The van der Waals surface area contributed by atoms with E-state index < -0.39 is 0 Å². The van der Waals surface area contributed by atoms with E-state index in [1.165, 1.54) is 11.8 Å². The largest absolute Gasteiger partial charge is 0.508 e. The molecule has 0 aliphatic rings. The third kappa shape index (κ3) is 4.76. The number of phenolic OH excluding ortho intramolecular Hbond substituents is 1. The molecule has 0 spiro atoms. The second-order valence-corrected chi connectivity index (χ2v) is 6.90. The second-order valence-electron chi connectivity index (χ2n) is 5.95. The van der Waals surface area contributed by atoms with Gasteiger partial charge in [-0.05, 0) is 44.0 Å². The molecule has 0 unspecified atom stereocenters. The average Bonchev–Trinajstić information content (AvgIpc) is 2.75. The third-order valence-electron chi connectivity index (χ3n) is 3.45. The number of thioether (sulfide) groups is 1. The highest BCUT2D eigenvalue weighted by atomic mass is 32.2. The van der Waals surface area contributed by atoms with Gasteiger partial charge in [0, 0.05) is 17.9 Å². The van der Waals surface area contributed by atoms with Crippen LogP contribution in [0.15, 0.2) is 29.4 Å². The molecule has 0 aliphatic carbocycles. The van der Waals surface area contributed by atoms with E-state index in [1.807, 2.05) is 6.92 Å². The number of benzene rings is 1. The number of carbonyl (C=O) groups is 1. The molecule has 0 saturated heterocycles. The fraction of sp³-hybridized carbons (Fsp3) is 0.412. The number of aryl methyl sites for hydroxylation is 1. The minimum Gasteiger partial charge on any atom is -0.508 e. The molecular formula is C17H23N3O2S. The Balaban J connectivity index is 1.98. The van der Waals surface area contributed by atoms with E-state index >= 15 is 0 Å². The number of phenols is 1. The predicted octanol–water partition coefficient (Wildman–Crippen LogP) is 3.59. The Kier molecular flexibility index (Phi) is 5.71. The maximum atomic E-state index is 12.1. The Hall–Kier alpha value is -1.95. The molecule has 124 valence electrons. The van der Waals surface area contributed by atoms with Crippen molar-refractivity contribution in [3.05, 3.63) is 35.7 Å². The van der Waals surface area contributed by atoms with Crippen LogP contribution < -0.4 is 5.32 Å². The number of anilines is 1. The first kappa shape index (κ1) is 17.4. The zero-order valence-electron chi connectivity index (χ0n) is 14.0. The van der Waals surface area contributed by atoms with E-state index in [0.717, 1.165) is 23.1 Å². The molecule has 2 N–H and O–H groups in total. The average molecular weight is 333 g/mol. The van der Waals surface area contributed by atoms with Crippen molar-refractivity contribution < 1.29 is 9.90 Å². The first-order valence-electron chi connectivity index (χ1n) is 7.62. The Bertz CT molecular complexity index is 678. The predicted molar refractivity (Wildman–Crippen MR) is 94.0 cm³/mol. The van der Waals surface area contributed by atoms with Crippen LogP contribution in [0.3, 0.4) is 0 Å². The Labute approximate surface area is 141 Å². The monoisotopic (exact) mass is 333 g/mol. The molecule has 0 atom stereocenters. The number of amides is 1. The summed E-state index contributed by atoms with van der Waals surface area (Å²) in [6, 6.07) is 6.44. The van der Waals surface area contributed by atoms with E-state index in [0.29, 0.717) is 17.4 Å². The normalized spacial score (nSPS) is 11.0. The van der Waals surface area contributed by atoms with E-state index in [4.69, 9.17) is 0 Å². The topological polar surface area (TPSA) is 67.2 Å². The zero-order chi connectivity index (χ0) is 17.0. The van der Waals surface area contributed by atoms with E-state index in [9.17, 15) is 9.90 Å². The highest BCUT2D eigenvalue weighted by Gasteiger charge is 2.14. The first-order chi connectivity index (χ1) is 10.9. The van der Waals surface area contributed by atoms with Crippen molar-refractivity contribution in [2.45, 2.75) is 39.4 Å². The number of aromatic nitrogens is 2. The summed E-state index contributed by atoms with van der Waals surface area (Å²) in [5.74, 6) is 0.913. The van der Waals surface area contributed by atoms with E-state index in [1.54, 1.807) is 24.3 Å². The summed E-state index contributed by atoms with van der Waals surface area (Å²) in [4.78, 5) is 16.6. The van der Waals surface area contributed by atoms with Crippen molar-refractivity contribution in [3.63, 3.8) is 0 Å². The van der Waals surface area contributed by atoms with Gasteiger partial charge in [-0.25, -0.2) is 4.98 Å². The quantitative estimate of drug-likeness (QED) is 0.626. The summed E-state index contributed by atoms with van der Waals surface area (Å²) in [5.41, 5.74) is 2.83. The molecule has 6 heteroatoms. The Morgan fingerprint density at radius 3 is 2.57 bits per heavy atom. The third-order valence-corrected chi connectivity index (χ3v) is 4.43. The van der Waals surface area contributed by atoms with Gasteiger partial charge in [-0.2, -0.15) is 0 Å².